The number of benzene rings is 1. The van der Waals surface area contributed by atoms with Gasteiger partial charge >= 0.3 is 0 Å². The van der Waals surface area contributed by atoms with E-state index >= 15 is 0 Å². The zero-order valence-corrected chi connectivity index (χ0v) is 13.2. The standard InChI is InChI=1S/C16H22N2O2S/c1-2-3-13-18(15-10-11-15)21(19,20)16-9-5-4-7-14(16)8-6-12-17/h4-5,7,9,15H,2-3,10-13,17H2,1H3. The van der Waals surface area contributed by atoms with Crippen LogP contribution in [0.5, 0.6) is 0 Å². The van der Waals surface area contributed by atoms with Crippen molar-refractivity contribution < 1.29 is 8.42 Å². The molecule has 0 unspecified atom stereocenters. The minimum Gasteiger partial charge on any atom is -0.320 e. The van der Waals surface area contributed by atoms with Gasteiger partial charge in [0.05, 0.1) is 11.4 Å². The molecule has 0 spiro atoms. The average Bonchev–Trinajstić information content (AvgIpc) is 3.30. The molecule has 0 saturated heterocycles. The average molecular weight is 306 g/mol. The molecule has 1 aliphatic carbocycles. The van der Waals surface area contributed by atoms with Crippen LogP contribution in [0.2, 0.25) is 0 Å². The number of nitrogens with zero attached hydrogens (tertiary/aromatic N) is 1. The fourth-order valence-corrected chi connectivity index (χ4v) is 4.12. The third kappa shape index (κ3) is 3.85. The third-order valence-corrected chi connectivity index (χ3v) is 5.50. The van der Waals surface area contributed by atoms with E-state index in [4.69, 9.17) is 5.73 Å². The van der Waals surface area contributed by atoms with Gasteiger partial charge in [-0.05, 0) is 31.4 Å². The molecule has 1 saturated carbocycles. The first-order chi connectivity index (χ1) is 10.1. The molecule has 0 aromatic heterocycles. The second kappa shape index (κ2) is 7.08. The Hall–Kier alpha value is -1.35. The zero-order valence-electron chi connectivity index (χ0n) is 12.4. The topological polar surface area (TPSA) is 63.4 Å². The van der Waals surface area contributed by atoms with Crippen LogP contribution in [0, 0.1) is 11.8 Å². The number of unbranched alkanes of at least 4 members (excludes halogenated alkanes) is 1. The van der Waals surface area contributed by atoms with E-state index in [0.29, 0.717) is 17.0 Å². The molecule has 2 N–H and O–H groups in total. The SMILES string of the molecule is CCCCN(C1CC1)S(=O)(=O)c1ccccc1C#CCN. The molecule has 114 valence electrons. The van der Waals surface area contributed by atoms with Gasteiger partial charge in [-0.15, -0.1) is 0 Å². The normalized spacial score (nSPS) is 14.8. The number of nitrogens with two attached hydrogens (primary N) is 1. The largest absolute Gasteiger partial charge is 0.320 e. The van der Waals surface area contributed by atoms with Crippen LogP contribution in [0.15, 0.2) is 29.2 Å². The van der Waals surface area contributed by atoms with Crippen LogP contribution in [0.4, 0.5) is 0 Å². The Morgan fingerprint density at radius 2 is 2.05 bits per heavy atom. The van der Waals surface area contributed by atoms with E-state index < -0.39 is 10.0 Å². The van der Waals surface area contributed by atoms with Crippen LogP contribution in [0.3, 0.4) is 0 Å². The first-order valence-corrected chi connectivity index (χ1v) is 8.85. The molecule has 0 aliphatic heterocycles. The molecular weight excluding hydrogens is 284 g/mol. The van der Waals surface area contributed by atoms with E-state index in [2.05, 4.69) is 18.8 Å². The first-order valence-electron chi connectivity index (χ1n) is 7.41. The first kappa shape index (κ1) is 16.0. The Labute approximate surface area is 127 Å². The summed E-state index contributed by atoms with van der Waals surface area (Å²) in [5, 5.41) is 0. The van der Waals surface area contributed by atoms with E-state index in [1.54, 1.807) is 28.6 Å². The van der Waals surface area contributed by atoms with Crippen LogP contribution in [0.1, 0.15) is 38.2 Å². The lowest BCUT2D eigenvalue weighted by molar-refractivity contribution is 0.395. The maximum atomic E-state index is 12.9. The molecule has 1 aromatic rings. The van der Waals surface area contributed by atoms with Gasteiger partial charge < -0.3 is 5.73 Å². The van der Waals surface area contributed by atoms with Gasteiger partial charge in [0.25, 0.3) is 0 Å². The highest BCUT2D eigenvalue weighted by Crippen LogP contribution is 2.33. The molecule has 4 nitrogen and oxygen atoms in total. The maximum Gasteiger partial charge on any atom is 0.244 e. The molecule has 5 heteroatoms. The summed E-state index contributed by atoms with van der Waals surface area (Å²) in [6.45, 7) is 2.87. The van der Waals surface area contributed by atoms with Gasteiger partial charge in [0.1, 0.15) is 0 Å². The second-order valence-electron chi connectivity index (χ2n) is 5.20. The van der Waals surface area contributed by atoms with Crippen molar-refractivity contribution in [3.63, 3.8) is 0 Å². The number of sulfonamides is 1. The Balaban J connectivity index is 2.37. The number of rotatable bonds is 6. The van der Waals surface area contributed by atoms with Crippen molar-refractivity contribution in [3.8, 4) is 11.8 Å². The van der Waals surface area contributed by atoms with Gasteiger partial charge in [-0.1, -0.05) is 37.3 Å². The summed E-state index contributed by atoms with van der Waals surface area (Å²) < 4.78 is 27.5. The molecule has 0 bridgehead atoms. The molecule has 1 aromatic carbocycles. The van der Waals surface area contributed by atoms with Crippen LogP contribution in [0.25, 0.3) is 0 Å². The van der Waals surface area contributed by atoms with Gasteiger partial charge in [0.2, 0.25) is 10.0 Å². The monoisotopic (exact) mass is 306 g/mol. The molecule has 0 radical (unpaired) electrons. The van der Waals surface area contributed by atoms with E-state index in [-0.39, 0.29) is 12.6 Å². The van der Waals surface area contributed by atoms with Crippen molar-refractivity contribution in [3.05, 3.63) is 29.8 Å². The summed E-state index contributed by atoms with van der Waals surface area (Å²) in [6.07, 6.45) is 3.78. The highest BCUT2D eigenvalue weighted by atomic mass is 32.2. The lowest BCUT2D eigenvalue weighted by Gasteiger charge is -2.22. The fraction of sp³-hybridized carbons (Fsp3) is 0.500. The summed E-state index contributed by atoms with van der Waals surface area (Å²) in [5.74, 6) is 5.61. The molecule has 21 heavy (non-hydrogen) atoms. The number of hydrogen-bond donors (Lipinski definition) is 1. The van der Waals surface area contributed by atoms with Crippen molar-refractivity contribution >= 4 is 10.0 Å². The van der Waals surface area contributed by atoms with E-state index in [1.807, 2.05) is 0 Å². The fourth-order valence-electron chi connectivity index (χ4n) is 2.24. The summed E-state index contributed by atoms with van der Waals surface area (Å²) in [6, 6.07) is 7.08. The van der Waals surface area contributed by atoms with Crippen molar-refractivity contribution in [2.75, 3.05) is 13.1 Å². The van der Waals surface area contributed by atoms with Crippen molar-refractivity contribution in [2.45, 2.75) is 43.5 Å². The van der Waals surface area contributed by atoms with Crippen LogP contribution in [-0.4, -0.2) is 31.9 Å². The van der Waals surface area contributed by atoms with E-state index in [1.165, 1.54) is 0 Å². The van der Waals surface area contributed by atoms with Gasteiger partial charge in [-0.3, -0.25) is 0 Å². The Kier molecular flexibility index (Phi) is 5.40. The lowest BCUT2D eigenvalue weighted by atomic mass is 10.2. The highest BCUT2D eigenvalue weighted by molar-refractivity contribution is 7.89. The predicted octanol–water partition coefficient (Wildman–Crippen LogP) is 1.95. The van der Waals surface area contributed by atoms with Gasteiger partial charge in [-0.2, -0.15) is 4.31 Å². The summed E-state index contributed by atoms with van der Waals surface area (Å²) >= 11 is 0. The van der Waals surface area contributed by atoms with Crippen LogP contribution in [-0.2, 0) is 10.0 Å². The Bertz CT molecular complexity index is 640. The van der Waals surface area contributed by atoms with Gasteiger partial charge in [0.15, 0.2) is 0 Å². The van der Waals surface area contributed by atoms with Crippen molar-refractivity contribution in [1.82, 2.24) is 4.31 Å². The van der Waals surface area contributed by atoms with Crippen LogP contribution >= 0.6 is 0 Å². The summed E-state index contributed by atoms with van der Waals surface area (Å²) in [4.78, 5) is 0.300. The zero-order chi connectivity index (χ0) is 15.3. The highest BCUT2D eigenvalue weighted by Gasteiger charge is 2.38. The summed E-state index contributed by atoms with van der Waals surface area (Å²) in [7, 11) is -3.48. The summed E-state index contributed by atoms with van der Waals surface area (Å²) in [5.41, 5.74) is 5.92. The van der Waals surface area contributed by atoms with Crippen molar-refractivity contribution in [2.24, 2.45) is 5.73 Å². The Morgan fingerprint density at radius 3 is 2.67 bits per heavy atom. The molecule has 0 heterocycles. The molecule has 1 fully saturated rings. The van der Waals surface area contributed by atoms with E-state index in [9.17, 15) is 8.42 Å². The second-order valence-corrected chi connectivity index (χ2v) is 7.06. The maximum absolute atomic E-state index is 12.9. The Morgan fingerprint density at radius 1 is 1.33 bits per heavy atom. The predicted molar refractivity (Wildman–Crippen MR) is 84.2 cm³/mol. The van der Waals surface area contributed by atoms with Gasteiger partial charge in [-0.25, -0.2) is 8.42 Å². The lowest BCUT2D eigenvalue weighted by Crippen LogP contribution is -2.34. The molecule has 2 rings (SSSR count). The third-order valence-electron chi connectivity index (χ3n) is 3.49. The minimum atomic E-state index is -3.48. The smallest absolute Gasteiger partial charge is 0.244 e. The van der Waals surface area contributed by atoms with E-state index in [0.717, 1.165) is 25.7 Å². The quantitative estimate of drug-likeness (QED) is 0.817. The van der Waals surface area contributed by atoms with Crippen molar-refractivity contribution in [1.29, 1.82) is 0 Å². The molecule has 0 amide bonds. The molecule has 0 atom stereocenters. The van der Waals surface area contributed by atoms with Gasteiger partial charge in [0, 0.05) is 18.2 Å². The molecule has 1 aliphatic rings. The van der Waals surface area contributed by atoms with Crippen LogP contribution < -0.4 is 5.73 Å². The number of hydrogen-bond acceptors (Lipinski definition) is 3. The minimum absolute atomic E-state index is 0.164. The molecular formula is C16H22N2O2S.